The Balaban J connectivity index is 2.22. The van der Waals surface area contributed by atoms with Crippen molar-refractivity contribution in [2.24, 2.45) is 0 Å². The van der Waals surface area contributed by atoms with Crippen LogP contribution in [-0.4, -0.2) is 5.11 Å². The van der Waals surface area contributed by atoms with Gasteiger partial charge in [0.15, 0.2) is 0 Å². The van der Waals surface area contributed by atoms with Gasteiger partial charge in [-0.2, -0.15) is 0 Å². The van der Waals surface area contributed by atoms with Gasteiger partial charge in [0.1, 0.15) is 0 Å². The lowest BCUT2D eigenvalue weighted by atomic mass is 10.0. The summed E-state index contributed by atoms with van der Waals surface area (Å²) in [4.78, 5) is 0. The molecule has 0 heterocycles. The molecule has 0 amide bonds. The van der Waals surface area contributed by atoms with Crippen LogP contribution in [-0.2, 0) is 6.42 Å². The van der Waals surface area contributed by atoms with Crippen molar-refractivity contribution in [1.29, 1.82) is 0 Å². The zero-order valence-corrected chi connectivity index (χ0v) is 13.1. The molecule has 94 valence electrons. The first kappa shape index (κ1) is 14.1. The average Bonchev–Trinajstić information content (AvgIpc) is 2.32. The molecular weight excluding hydrogens is 382 g/mol. The van der Waals surface area contributed by atoms with Crippen molar-refractivity contribution in [1.82, 2.24) is 0 Å². The molecule has 1 nitrogen and oxygen atoms in total. The lowest BCUT2D eigenvalue weighted by Gasteiger charge is -2.14. The summed E-state index contributed by atoms with van der Waals surface area (Å²) in [5.74, 6) is 0. The van der Waals surface area contributed by atoms with E-state index in [0.29, 0.717) is 22.0 Å². The first-order chi connectivity index (χ1) is 8.58. The molecule has 1 atom stereocenters. The van der Waals surface area contributed by atoms with Gasteiger partial charge in [0.05, 0.1) is 6.10 Å². The summed E-state index contributed by atoms with van der Waals surface area (Å²) in [6, 6.07) is 13.3. The minimum Gasteiger partial charge on any atom is -0.388 e. The predicted octanol–water partition coefficient (Wildman–Crippen LogP) is 4.87. The van der Waals surface area contributed by atoms with E-state index in [1.165, 1.54) is 3.57 Å². The number of rotatable bonds is 3. The highest BCUT2D eigenvalue weighted by atomic mass is 127. The SMILES string of the molecule is OC(Cc1ccc(I)cc1)c1c(Cl)cccc1Cl. The van der Waals surface area contributed by atoms with Crippen LogP contribution in [0.25, 0.3) is 0 Å². The molecule has 0 radical (unpaired) electrons. The maximum Gasteiger partial charge on any atom is 0.0859 e. The molecule has 0 aliphatic heterocycles. The Morgan fingerprint density at radius 2 is 1.56 bits per heavy atom. The van der Waals surface area contributed by atoms with Crippen molar-refractivity contribution in [2.75, 3.05) is 0 Å². The summed E-state index contributed by atoms with van der Waals surface area (Å²) < 4.78 is 1.17. The first-order valence-electron chi connectivity index (χ1n) is 5.44. The number of benzene rings is 2. The van der Waals surface area contributed by atoms with Crippen LogP contribution >= 0.6 is 45.8 Å². The summed E-state index contributed by atoms with van der Waals surface area (Å²) >= 11 is 14.4. The van der Waals surface area contributed by atoms with Crippen LogP contribution in [0.1, 0.15) is 17.2 Å². The minimum atomic E-state index is -0.689. The van der Waals surface area contributed by atoms with Crippen molar-refractivity contribution in [3.8, 4) is 0 Å². The number of halogens is 3. The molecule has 18 heavy (non-hydrogen) atoms. The van der Waals surface area contributed by atoms with Crippen LogP contribution in [0.3, 0.4) is 0 Å². The van der Waals surface area contributed by atoms with Gasteiger partial charge < -0.3 is 5.11 Å². The summed E-state index contributed by atoms with van der Waals surface area (Å²) in [6.45, 7) is 0. The second kappa shape index (κ2) is 6.24. The van der Waals surface area contributed by atoms with E-state index in [1.54, 1.807) is 18.2 Å². The molecular formula is C14H11Cl2IO. The lowest BCUT2D eigenvalue weighted by molar-refractivity contribution is 0.178. The normalized spacial score (nSPS) is 12.4. The predicted molar refractivity (Wildman–Crippen MR) is 84.3 cm³/mol. The highest BCUT2D eigenvalue weighted by molar-refractivity contribution is 14.1. The zero-order valence-electron chi connectivity index (χ0n) is 9.41. The molecule has 2 aromatic carbocycles. The molecule has 0 saturated carbocycles. The minimum absolute atomic E-state index is 0.500. The van der Waals surface area contributed by atoms with Crippen LogP contribution in [0.4, 0.5) is 0 Å². The molecule has 2 rings (SSSR count). The molecule has 0 aliphatic carbocycles. The molecule has 1 unspecified atom stereocenters. The topological polar surface area (TPSA) is 20.2 Å². The number of aliphatic hydroxyl groups is 1. The number of aliphatic hydroxyl groups excluding tert-OH is 1. The third kappa shape index (κ3) is 3.38. The van der Waals surface area contributed by atoms with Crippen molar-refractivity contribution in [3.05, 3.63) is 67.2 Å². The van der Waals surface area contributed by atoms with E-state index in [2.05, 4.69) is 22.6 Å². The van der Waals surface area contributed by atoms with Crippen molar-refractivity contribution in [3.63, 3.8) is 0 Å². The molecule has 0 saturated heterocycles. The molecule has 1 N–H and O–H groups in total. The summed E-state index contributed by atoms with van der Waals surface area (Å²) in [5, 5.41) is 11.2. The van der Waals surface area contributed by atoms with Crippen molar-refractivity contribution < 1.29 is 5.11 Å². The van der Waals surface area contributed by atoms with Gasteiger partial charge in [0.2, 0.25) is 0 Å². The summed E-state index contributed by atoms with van der Waals surface area (Å²) in [6.07, 6.45) is -0.188. The maximum atomic E-state index is 10.2. The van der Waals surface area contributed by atoms with Gasteiger partial charge in [-0.15, -0.1) is 0 Å². The van der Waals surface area contributed by atoms with Crippen LogP contribution in [0, 0.1) is 3.57 Å². The first-order valence-corrected chi connectivity index (χ1v) is 7.28. The van der Waals surface area contributed by atoms with E-state index in [0.717, 1.165) is 5.56 Å². The van der Waals surface area contributed by atoms with Gasteiger partial charge >= 0.3 is 0 Å². The third-order valence-corrected chi connectivity index (χ3v) is 4.05. The largest absolute Gasteiger partial charge is 0.388 e. The molecule has 2 aromatic rings. The number of hydrogen-bond donors (Lipinski definition) is 1. The zero-order chi connectivity index (χ0) is 13.1. The molecule has 0 aromatic heterocycles. The molecule has 0 fully saturated rings. The molecule has 0 spiro atoms. The van der Waals surface area contributed by atoms with Gasteiger partial charge in [-0.05, 0) is 52.4 Å². The van der Waals surface area contributed by atoms with Crippen molar-refractivity contribution in [2.45, 2.75) is 12.5 Å². The summed E-state index contributed by atoms with van der Waals surface area (Å²) in [7, 11) is 0. The van der Waals surface area contributed by atoms with E-state index >= 15 is 0 Å². The molecule has 0 bridgehead atoms. The highest BCUT2D eigenvalue weighted by Crippen LogP contribution is 2.32. The van der Waals surface area contributed by atoms with Gasteiger partial charge in [0.25, 0.3) is 0 Å². The van der Waals surface area contributed by atoms with Crippen LogP contribution in [0.2, 0.25) is 10.0 Å². The third-order valence-electron chi connectivity index (χ3n) is 2.68. The average molecular weight is 393 g/mol. The van der Waals surface area contributed by atoms with Crippen LogP contribution in [0.15, 0.2) is 42.5 Å². The fourth-order valence-electron chi connectivity index (χ4n) is 1.77. The van der Waals surface area contributed by atoms with E-state index in [9.17, 15) is 5.11 Å². The Morgan fingerprint density at radius 1 is 1.00 bits per heavy atom. The second-order valence-corrected chi connectivity index (χ2v) is 6.04. The second-order valence-electron chi connectivity index (χ2n) is 3.98. The Bertz CT molecular complexity index is 520. The van der Waals surface area contributed by atoms with Crippen LogP contribution < -0.4 is 0 Å². The van der Waals surface area contributed by atoms with Gasteiger partial charge in [-0.1, -0.05) is 41.4 Å². The Morgan fingerprint density at radius 3 is 2.11 bits per heavy atom. The van der Waals surface area contributed by atoms with Crippen LogP contribution in [0.5, 0.6) is 0 Å². The standard InChI is InChI=1S/C14H11Cl2IO/c15-11-2-1-3-12(16)14(11)13(18)8-9-4-6-10(17)7-5-9/h1-7,13,18H,8H2. The lowest BCUT2D eigenvalue weighted by Crippen LogP contribution is -2.03. The highest BCUT2D eigenvalue weighted by Gasteiger charge is 2.15. The Labute approximate surface area is 130 Å². The molecule has 4 heteroatoms. The number of hydrogen-bond acceptors (Lipinski definition) is 1. The monoisotopic (exact) mass is 392 g/mol. The molecule has 0 aliphatic rings. The fourth-order valence-corrected chi connectivity index (χ4v) is 2.78. The Hall–Kier alpha value is -0.290. The fraction of sp³-hybridized carbons (Fsp3) is 0.143. The van der Waals surface area contributed by atoms with Gasteiger partial charge in [0, 0.05) is 25.6 Å². The maximum absolute atomic E-state index is 10.2. The van der Waals surface area contributed by atoms with Gasteiger partial charge in [-0.3, -0.25) is 0 Å². The van der Waals surface area contributed by atoms with E-state index in [4.69, 9.17) is 23.2 Å². The van der Waals surface area contributed by atoms with E-state index in [-0.39, 0.29) is 0 Å². The summed E-state index contributed by atoms with van der Waals surface area (Å²) in [5.41, 5.74) is 1.65. The van der Waals surface area contributed by atoms with Crippen molar-refractivity contribution >= 4 is 45.8 Å². The van der Waals surface area contributed by atoms with Gasteiger partial charge in [-0.25, -0.2) is 0 Å². The Kier molecular flexibility index (Phi) is 4.90. The van der Waals surface area contributed by atoms with E-state index in [1.807, 2.05) is 24.3 Å². The quantitative estimate of drug-likeness (QED) is 0.738. The smallest absolute Gasteiger partial charge is 0.0859 e. The van der Waals surface area contributed by atoms with E-state index < -0.39 is 6.10 Å².